The van der Waals surface area contributed by atoms with Crippen LogP contribution in [-0.4, -0.2) is 62.9 Å². The average molecular weight is 755 g/mol. The number of hydrogen-bond donors (Lipinski definition) is 2. The topological polar surface area (TPSA) is 109 Å². The first-order chi connectivity index (χ1) is 25.5. The van der Waals surface area contributed by atoms with E-state index in [1.807, 2.05) is 0 Å². The molecular formula is C40H34N8S4. The van der Waals surface area contributed by atoms with Crippen LogP contribution in [0.5, 0.6) is 0 Å². The minimum absolute atomic E-state index is 0.611. The summed E-state index contributed by atoms with van der Waals surface area (Å²) in [5, 5.41) is 3.91. The Kier molecular flexibility index (Phi) is 8.94. The third-order valence-electron chi connectivity index (χ3n) is 8.96. The molecule has 4 aromatic carbocycles. The maximum absolute atomic E-state index is 5.24. The maximum Gasteiger partial charge on any atom is 0.164 e. The van der Waals surface area contributed by atoms with Crippen molar-refractivity contribution in [3.63, 3.8) is 0 Å². The molecule has 2 N–H and O–H groups in total. The van der Waals surface area contributed by atoms with E-state index in [4.69, 9.17) is 29.9 Å². The second kappa shape index (κ2) is 13.9. The van der Waals surface area contributed by atoms with Gasteiger partial charge in [-0.25, -0.2) is 29.9 Å². The highest BCUT2D eigenvalue weighted by Gasteiger charge is 2.23. The van der Waals surface area contributed by atoms with Crippen LogP contribution >= 0.6 is 47.0 Å². The first-order valence-corrected chi connectivity index (χ1v) is 21.4. The third-order valence-corrected chi connectivity index (χ3v) is 12.5. The van der Waals surface area contributed by atoms with Gasteiger partial charge in [-0.2, -0.15) is 0 Å². The van der Waals surface area contributed by atoms with Gasteiger partial charge >= 0.3 is 0 Å². The number of nitrogens with one attached hydrogen (secondary N) is 2. The molecule has 0 saturated carbocycles. The van der Waals surface area contributed by atoms with Crippen LogP contribution in [0, 0.1) is 0 Å². The van der Waals surface area contributed by atoms with E-state index in [2.05, 4.69) is 110 Å². The molecule has 7 aromatic rings. The van der Waals surface area contributed by atoms with Crippen molar-refractivity contribution >= 4 is 91.2 Å². The summed E-state index contributed by atoms with van der Waals surface area (Å²) in [7, 11) is 0. The summed E-state index contributed by atoms with van der Waals surface area (Å²) < 4.78 is 0. The number of rotatable bonds is 8. The summed E-state index contributed by atoms with van der Waals surface area (Å²) in [6, 6.07) is 25.9. The van der Waals surface area contributed by atoms with E-state index >= 15 is 0 Å². The zero-order chi connectivity index (χ0) is 35.3. The fraction of sp³-hybridized carbons (Fsp3) is 0.200. The lowest BCUT2D eigenvalue weighted by molar-refractivity contribution is 1.19. The molecule has 0 atom stereocenters. The first-order valence-electron chi connectivity index (χ1n) is 17.4. The van der Waals surface area contributed by atoms with Crippen molar-refractivity contribution in [2.45, 2.75) is 47.3 Å². The van der Waals surface area contributed by atoms with E-state index in [1.165, 1.54) is 19.6 Å². The van der Waals surface area contributed by atoms with E-state index in [9.17, 15) is 0 Å². The van der Waals surface area contributed by atoms with Gasteiger partial charge in [-0.1, -0.05) is 27.7 Å². The van der Waals surface area contributed by atoms with Crippen LogP contribution in [0.2, 0.25) is 0 Å². The number of H-pyrrole nitrogens is 2. The monoisotopic (exact) mass is 754 g/mol. The summed E-state index contributed by atoms with van der Waals surface area (Å²) in [6.07, 6.45) is 0. The zero-order valence-corrected chi connectivity index (χ0v) is 32.3. The minimum atomic E-state index is 0.611. The van der Waals surface area contributed by atoms with Crippen molar-refractivity contribution in [1.82, 2.24) is 39.9 Å². The van der Waals surface area contributed by atoms with Gasteiger partial charge < -0.3 is 9.97 Å². The Hall–Kier alpha value is -4.36. The molecule has 2 aliphatic rings. The molecule has 258 valence electrons. The highest BCUT2D eigenvalue weighted by Crippen LogP contribution is 2.40. The molecule has 5 heterocycles. The molecule has 0 saturated heterocycles. The maximum atomic E-state index is 5.24. The number of fused-ring (bicyclic) bond motifs is 20. The standard InChI is InChI=1S/C40H34N8S4/c1-5-49-21-9-13-25-29(17-21)37-41-33(25)46-38-31-19-23(51-7-3)11-15-27(31)35(43-38)48-40-32-20-24(52-8-4)12-16-28(32)36(44-40)47-39-30-18-22(50-6-2)10-14-26(30)34(42-39)45-37/h9-20H,5-8H2,1-4H3,(H2,41,42,43,44,45,46,47,48). The summed E-state index contributed by atoms with van der Waals surface area (Å²) in [5.74, 6) is 6.33. The first kappa shape index (κ1) is 33.5. The molecule has 0 unspecified atom stereocenters. The Balaban J connectivity index is 1.44. The quantitative estimate of drug-likeness (QED) is 0.145. The van der Waals surface area contributed by atoms with Gasteiger partial charge in [0.2, 0.25) is 0 Å². The molecule has 0 radical (unpaired) electrons. The molecule has 8 nitrogen and oxygen atoms in total. The molecule has 0 amide bonds. The van der Waals surface area contributed by atoms with Gasteiger partial charge in [0.15, 0.2) is 23.3 Å². The number of benzene rings is 4. The Morgan fingerprint density at radius 3 is 1.08 bits per heavy atom. The summed E-state index contributed by atoms with van der Waals surface area (Å²) in [5.41, 5.74) is 6.60. The molecular weight excluding hydrogens is 721 g/mol. The van der Waals surface area contributed by atoms with Gasteiger partial charge in [-0.15, -0.1) is 47.0 Å². The van der Waals surface area contributed by atoms with Crippen LogP contribution in [0.3, 0.4) is 0 Å². The van der Waals surface area contributed by atoms with Gasteiger partial charge in [0.1, 0.15) is 22.6 Å². The molecule has 8 bridgehead atoms. The largest absolute Gasteiger partial charge is 0.324 e. The van der Waals surface area contributed by atoms with Crippen LogP contribution in [0.25, 0.3) is 89.7 Å². The number of aromatic amines is 2. The number of aromatic nitrogens is 8. The van der Waals surface area contributed by atoms with Gasteiger partial charge in [0, 0.05) is 63.4 Å². The predicted molar refractivity (Wildman–Crippen MR) is 222 cm³/mol. The Morgan fingerprint density at radius 2 is 0.692 bits per heavy atom. The fourth-order valence-corrected chi connectivity index (χ4v) is 9.53. The lowest BCUT2D eigenvalue weighted by Gasteiger charge is -2.03. The second-order valence-corrected chi connectivity index (χ2v) is 17.5. The molecule has 0 spiro atoms. The van der Waals surface area contributed by atoms with Crippen LogP contribution in [0.1, 0.15) is 27.7 Å². The SMILES string of the molecule is CCSc1ccc2c(c1)-c1nc-2nc2[nH]c(nc3nc(nc4[nH]c(n1)c1ccc(SCC)cc41)-c1ccc(SCC)cc1-3)c1ccc(SCC)cc21. The second-order valence-electron chi connectivity index (χ2n) is 12.2. The normalized spacial score (nSPS) is 12.1. The van der Waals surface area contributed by atoms with Crippen molar-refractivity contribution in [2.24, 2.45) is 0 Å². The number of nitrogens with zero attached hydrogens (tertiary/aromatic N) is 6. The third kappa shape index (κ3) is 5.95. The van der Waals surface area contributed by atoms with Crippen molar-refractivity contribution in [3.05, 3.63) is 72.8 Å². The van der Waals surface area contributed by atoms with Crippen LogP contribution in [0.4, 0.5) is 0 Å². The molecule has 3 aromatic heterocycles. The molecule has 2 aliphatic heterocycles. The van der Waals surface area contributed by atoms with E-state index < -0.39 is 0 Å². The fourth-order valence-electron chi connectivity index (χ4n) is 6.74. The molecule has 0 aliphatic carbocycles. The van der Waals surface area contributed by atoms with Crippen molar-refractivity contribution in [2.75, 3.05) is 23.0 Å². The van der Waals surface area contributed by atoms with Crippen molar-refractivity contribution in [1.29, 1.82) is 0 Å². The lowest BCUT2D eigenvalue weighted by atomic mass is 10.1. The molecule has 9 rings (SSSR count). The van der Waals surface area contributed by atoms with Crippen LogP contribution < -0.4 is 0 Å². The number of hydrogen-bond acceptors (Lipinski definition) is 10. The smallest absolute Gasteiger partial charge is 0.164 e. The molecule has 0 fully saturated rings. The average Bonchev–Trinajstić information content (AvgIpc) is 3.87. The summed E-state index contributed by atoms with van der Waals surface area (Å²) in [6.45, 7) is 8.66. The zero-order valence-electron chi connectivity index (χ0n) is 29.1. The van der Waals surface area contributed by atoms with Crippen molar-refractivity contribution in [3.8, 4) is 45.6 Å². The van der Waals surface area contributed by atoms with E-state index in [-0.39, 0.29) is 0 Å². The number of thioether (sulfide) groups is 4. The van der Waals surface area contributed by atoms with Gasteiger partial charge in [-0.05, 0) is 95.8 Å². The Bertz CT molecular complexity index is 2530. The van der Waals surface area contributed by atoms with Crippen LogP contribution in [-0.2, 0) is 0 Å². The summed E-state index contributed by atoms with van der Waals surface area (Å²) >= 11 is 7.21. The van der Waals surface area contributed by atoms with Gasteiger partial charge in [-0.3, -0.25) is 0 Å². The van der Waals surface area contributed by atoms with E-state index in [1.54, 1.807) is 47.0 Å². The van der Waals surface area contributed by atoms with Crippen LogP contribution in [0.15, 0.2) is 92.4 Å². The Morgan fingerprint density at radius 1 is 0.365 bits per heavy atom. The predicted octanol–water partition coefficient (Wildman–Crippen LogP) is 11.3. The van der Waals surface area contributed by atoms with Gasteiger partial charge in [0.05, 0.1) is 0 Å². The van der Waals surface area contributed by atoms with E-state index in [0.717, 1.165) is 66.8 Å². The molecule has 52 heavy (non-hydrogen) atoms. The van der Waals surface area contributed by atoms with Gasteiger partial charge in [0.25, 0.3) is 0 Å². The van der Waals surface area contributed by atoms with Crippen molar-refractivity contribution < 1.29 is 0 Å². The molecule has 12 heteroatoms. The lowest BCUT2D eigenvalue weighted by Crippen LogP contribution is -1.84. The highest BCUT2D eigenvalue weighted by molar-refractivity contribution is 8.00. The van der Waals surface area contributed by atoms with E-state index in [0.29, 0.717) is 45.9 Å². The Labute approximate surface area is 317 Å². The summed E-state index contributed by atoms with van der Waals surface area (Å²) in [4.78, 5) is 43.1. The highest BCUT2D eigenvalue weighted by atomic mass is 32.2. The minimum Gasteiger partial charge on any atom is -0.324 e.